The van der Waals surface area contributed by atoms with Crippen molar-refractivity contribution in [1.29, 1.82) is 0 Å². The average Bonchev–Trinajstić information content (AvgIpc) is 2.37. The number of hydroxylamine groups is 1. The van der Waals surface area contributed by atoms with E-state index < -0.39 is 16.7 Å². The second-order valence-electron chi connectivity index (χ2n) is 6.76. The SMILES string of the molecule is CC(C)(CC(=O)NO)CC(C)(C)C(=O)Nc1ccccc1. The van der Waals surface area contributed by atoms with Crippen LogP contribution >= 0.6 is 0 Å². The van der Waals surface area contributed by atoms with Crippen LogP contribution in [0.4, 0.5) is 5.69 Å². The number of para-hydroxylation sites is 1. The van der Waals surface area contributed by atoms with Crippen LogP contribution in [-0.4, -0.2) is 17.0 Å². The fraction of sp³-hybridized carbons (Fsp3) is 0.500. The van der Waals surface area contributed by atoms with E-state index in [2.05, 4.69) is 5.32 Å². The molecule has 0 fully saturated rings. The minimum absolute atomic E-state index is 0.0915. The Balaban J connectivity index is 2.71. The van der Waals surface area contributed by atoms with E-state index in [1.54, 1.807) is 5.48 Å². The van der Waals surface area contributed by atoms with E-state index in [4.69, 9.17) is 5.21 Å². The van der Waals surface area contributed by atoms with Gasteiger partial charge in [0, 0.05) is 17.5 Å². The third-order valence-corrected chi connectivity index (χ3v) is 3.33. The Morgan fingerprint density at radius 2 is 1.67 bits per heavy atom. The maximum Gasteiger partial charge on any atom is 0.243 e. The molecule has 0 bridgehead atoms. The topological polar surface area (TPSA) is 78.4 Å². The molecule has 0 unspecified atom stereocenters. The van der Waals surface area contributed by atoms with E-state index in [0.717, 1.165) is 5.69 Å². The number of amides is 2. The molecule has 1 aromatic carbocycles. The van der Waals surface area contributed by atoms with E-state index in [0.29, 0.717) is 6.42 Å². The summed E-state index contributed by atoms with van der Waals surface area (Å²) < 4.78 is 0. The molecule has 0 aliphatic heterocycles. The maximum atomic E-state index is 12.4. The van der Waals surface area contributed by atoms with Crippen molar-refractivity contribution in [2.75, 3.05) is 5.32 Å². The Morgan fingerprint density at radius 3 is 2.19 bits per heavy atom. The molecule has 116 valence electrons. The number of hydrogen-bond acceptors (Lipinski definition) is 3. The number of anilines is 1. The van der Waals surface area contributed by atoms with Crippen molar-refractivity contribution in [3.8, 4) is 0 Å². The van der Waals surface area contributed by atoms with E-state index in [-0.39, 0.29) is 12.3 Å². The highest BCUT2D eigenvalue weighted by molar-refractivity contribution is 5.94. The van der Waals surface area contributed by atoms with E-state index >= 15 is 0 Å². The van der Waals surface area contributed by atoms with Crippen molar-refractivity contribution in [3.05, 3.63) is 30.3 Å². The number of carbonyl (C=O) groups is 2. The highest BCUT2D eigenvalue weighted by atomic mass is 16.5. The van der Waals surface area contributed by atoms with Crippen LogP contribution in [0.5, 0.6) is 0 Å². The second-order valence-corrected chi connectivity index (χ2v) is 6.76. The van der Waals surface area contributed by atoms with Crippen molar-refractivity contribution < 1.29 is 14.8 Å². The van der Waals surface area contributed by atoms with Gasteiger partial charge in [0.05, 0.1) is 0 Å². The van der Waals surface area contributed by atoms with Crippen molar-refractivity contribution in [1.82, 2.24) is 5.48 Å². The lowest BCUT2D eigenvalue weighted by molar-refractivity contribution is -0.133. The molecule has 0 saturated carbocycles. The Labute approximate surface area is 125 Å². The zero-order chi connectivity index (χ0) is 16.1. The number of benzene rings is 1. The molecule has 0 aromatic heterocycles. The molecule has 1 rings (SSSR count). The number of rotatable bonds is 6. The van der Waals surface area contributed by atoms with Crippen LogP contribution < -0.4 is 10.8 Å². The normalized spacial score (nSPS) is 11.9. The predicted molar refractivity (Wildman–Crippen MR) is 81.8 cm³/mol. The van der Waals surface area contributed by atoms with Crippen molar-refractivity contribution in [3.63, 3.8) is 0 Å². The van der Waals surface area contributed by atoms with Gasteiger partial charge in [0.1, 0.15) is 0 Å². The molecule has 2 amide bonds. The minimum atomic E-state index is -0.630. The maximum absolute atomic E-state index is 12.4. The summed E-state index contributed by atoms with van der Waals surface area (Å²) in [7, 11) is 0. The molecule has 0 aliphatic rings. The lowest BCUT2D eigenvalue weighted by Gasteiger charge is -2.33. The van der Waals surface area contributed by atoms with Crippen LogP contribution in [0.15, 0.2) is 30.3 Å². The van der Waals surface area contributed by atoms with Crippen LogP contribution in [0.25, 0.3) is 0 Å². The van der Waals surface area contributed by atoms with E-state index in [1.807, 2.05) is 58.0 Å². The molecule has 0 saturated heterocycles. The first-order valence-electron chi connectivity index (χ1n) is 6.96. The molecule has 5 nitrogen and oxygen atoms in total. The summed E-state index contributed by atoms with van der Waals surface area (Å²) >= 11 is 0. The smallest absolute Gasteiger partial charge is 0.243 e. The second kappa shape index (κ2) is 6.72. The quantitative estimate of drug-likeness (QED) is 0.557. The lowest BCUT2D eigenvalue weighted by atomic mass is 9.72. The summed E-state index contributed by atoms with van der Waals surface area (Å²) in [4.78, 5) is 23.7. The lowest BCUT2D eigenvalue weighted by Crippen LogP contribution is -2.37. The van der Waals surface area contributed by atoms with Crippen LogP contribution in [0, 0.1) is 10.8 Å². The third-order valence-electron chi connectivity index (χ3n) is 3.33. The van der Waals surface area contributed by atoms with Gasteiger partial charge < -0.3 is 5.32 Å². The fourth-order valence-electron chi connectivity index (χ4n) is 2.64. The fourth-order valence-corrected chi connectivity index (χ4v) is 2.64. The summed E-state index contributed by atoms with van der Waals surface area (Å²) in [5, 5.41) is 11.5. The Morgan fingerprint density at radius 1 is 1.10 bits per heavy atom. The summed E-state index contributed by atoms with van der Waals surface area (Å²) in [5.41, 5.74) is 1.36. The largest absolute Gasteiger partial charge is 0.326 e. The molecule has 0 aliphatic carbocycles. The summed E-state index contributed by atoms with van der Waals surface area (Å²) in [5.74, 6) is -0.537. The van der Waals surface area contributed by atoms with Gasteiger partial charge in [0.2, 0.25) is 11.8 Å². The predicted octanol–water partition coefficient (Wildman–Crippen LogP) is 2.96. The Hall–Kier alpha value is -1.88. The van der Waals surface area contributed by atoms with Crippen LogP contribution in [0.3, 0.4) is 0 Å². The molecule has 1 aromatic rings. The van der Waals surface area contributed by atoms with Crippen molar-refractivity contribution in [2.45, 2.75) is 40.5 Å². The Kier molecular flexibility index (Phi) is 5.49. The molecular formula is C16H24N2O3. The van der Waals surface area contributed by atoms with Crippen LogP contribution in [0.2, 0.25) is 0 Å². The molecule has 21 heavy (non-hydrogen) atoms. The molecule has 0 atom stereocenters. The summed E-state index contributed by atoms with van der Waals surface area (Å²) in [6.45, 7) is 7.51. The molecular weight excluding hydrogens is 268 g/mol. The van der Waals surface area contributed by atoms with Crippen molar-refractivity contribution in [2.24, 2.45) is 10.8 Å². The van der Waals surface area contributed by atoms with Crippen LogP contribution in [-0.2, 0) is 9.59 Å². The monoisotopic (exact) mass is 292 g/mol. The molecule has 0 radical (unpaired) electrons. The highest BCUT2D eigenvalue weighted by Crippen LogP contribution is 2.37. The minimum Gasteiger partial charge on any atom is -0.326 e. The first kappa shape index (κ1) is 17.2. The van der Waals surface area contributed by atoms with E-state index in [1.165, 1.54) is 0 Å². The summed E-state index contributed by atoms with van der Waals surface area (Å²) in [6.07, 6.45) is 0.678. The third kappa shape index (κ3) is 5.55. The van der Waals surface area contributed by atoms with Gasteiger partial charge in [-0.1, -0.05) is 45.9 Å². The standard InChI is InChI=1S/C16H24N2O3/c1-15(2,10-13(19)18-21)11-16(3,4)14(20)17-12-8-6-5-7-9-12/h5-9,21H,10-11H2,1-4H3,(H,17,20)(H,18,19). The summed E-state index contributed by atoms with van der Waals surface area (Å²) in [6, 6.07) is 9.27. The van der Waals surface area contributed by atoms with E-state index in [9.17, 15) is 9.59 Å². The molecule has 0 heterocycles. The number of carbonyl (C=O) groups excluding carboxylic acids is 2. The van der Waals surface area contributed by atoms with Gasteiger partial charge in [-0.3, -0.25) is 14.8 Å². The first-order valence-corrected chi connectivity index (χ1v) is 6.96. The van der Waals surface area contributed by atoms with Gasteiger partial charge in [0.15, 0.2) is 0 Å². The zero-order valence-electron chi connectivity index (χ0n) is 13.1. The highest BCUT2D eigenvalue weighted by Gasteiger charge is 2.35. The van der Waals surface area contributed by atoms with Crippen molar-refractivity contribution >= 4 is 17.5 Å². The number of hydrogen-bond donors (Lipinski definition) is 3. The van der Waals surface area contributed by atoms with Gasteiger partial charge in [-0.2, -0.15) is 0 Å². The number of nitrogens with one attached hydrogen (secondary N) is 2. The van der Waals surface area contributed by atoms with Crippen LogP contribution in [0.1, 0.15) is 40.5 Å². The molecule has 5 heteroatoms. The molecule has 3 N–H and O–H groups in total. The zero-order valence-corrected chi connectivity index (χ0v) is 13.1. The Bertz CT molecular complexity index is 496. The van der Waals surface area contributed by atoms with Gasteiger partial charge in [-0.25, -0.2) is 5.48 Å². The van der Waals surface area contributed by atoms with Gasteiger partial charge in [0.25, 0.3) is 0 Å². The molecule has 0 spiro atoms. The first-order chi connectivity index (χ1) is 9.66. The average molecular weight is 292 g/mol. The van der Waals surface area contributed by atoms with Gasteiger partial charge in [-0.15, -0.1) is 0 Å². The van der Waals surface area contributed by atoms with Gasteiger partial charge >= 0.3 is 0 Å². The van der Waals surface area contributed by atoms with Gasteiger partial charge in [-0.05, 0) is 24.0 Å².